The molecule has 4 heterocycles. The van der Waals surface area contributed by atoms with Crippen molar-refractivity contribution >= 4 is 16.9 Å². The number of alkyl halides is 3. The molecular formula is C18H12F5N5O. The van der Waals surface area contributed by atoms with Crippen LogP contribution in [0.1, 0.15) is 11.7 Å². The van der Waals surface area contributed by atoms with Gasteiger partial charge in [-0.05, 0) is 18.2 Å². The van der Waals surface area contributed by atoms with Gasteiger partial charge in [0, 0.05) is 36.4 Å². The highest BCUT2D eigenvalue weighted by molar-refractivity contribution is 5.92. The molecule has 0 saturated carbocycles. The van der Waals surface area contributed by atoms with Gasteiger partial charge in [0.2, 0.25) is 0 Å². The highest BCUT2D eigenvalue weighted by Gasteiger charge is 2.37. The first-order chi connectivity index (χ1) is 13.7. The van der Waals surface area contributed by atoms with Crippen LogP contribution in [0.2, 0.25) is 0 Å². The van der Waals surface area contributed by atoms with E-state index in [9.17, 15) is 26.7 Å². The summed E-state index contributed by atoms with van der Waals surface area (Å²) in [5.74, 6) is -3.40. The molecule has 0 aliphatic carbocycles. The Morgan fingerprint density at radius 3 is 2.59 bits per heavy atom. The largest absolute Gasteiger partial charge is 0.436 e. The number of nitrogens with zero attached hydrogens (tertiary/aromatic N) is 5. The first-order valence-corrected chi connectivity index (χ1v) is 8.37. The van der Waals surface area contributed by atoms with Crippen LogP contribution in [0.4, 0.5) is 22.0 Å². The molecule has 0 aromatic carbocycles. The fraction of sp³-hybridized carbons (Fsp3) is 0.222. The molecule has 0 radical (unpaired) electrons. The van der Waals surface area contributed by atoms with E-state index in [0.717, 1.165) is 12.3 Å². The number of rotatable bonds is 3. The van der Waals surface area contributed by atoms with Crippen LogP contribution >= 0.6 is 0 Å². The van der Waals surface area contributed by atoms with Gasteiger partial charge in [-0.1, -0.05) is 6.58 Å². The van der Waals surface area contributed by atoms with Crippen molar-refractivity contribution in [1.82, 2.24) is 24.6 Å². The predicted octanol–water partition coefficient (Wildman–Crippen LogP) is 3.52. The fourth-order valence-electron chi connectivity index (χ4n) is 3.16. The number of fused-ring (bicyclic) bond motifs is 1. The predicted molar refractivity (Wildman–Crippen MR) is 91.6 cm³/mol. The van der Waals surface area contributed by atoms with E-state index in [1.54, 1.807) is 12.1 Å². The second kappa shape index (κ2) is 6.61. The third kappa shape index (κ3) is 3.22. The normalized spacial score (nSPS) is 14.9. The zero-order valence-electron chi connectivity index (χ0n) is 14.6. The molecule has 3 aromatic heterocycles. The second-order valence-electron chi connectivity index (χ2n) is 6.49. The summed E-state index contributed by atoms with van der Waals surface area (Å²) in [5, 5.41) is 4.85. The van der Waals surface area contributed by atoms with Crippen LogP contribution in [-0.2, 0) is 11.0 Å². The zero-order chi connectivity index (χ0) is 20.9. The average molecular weight is 409 g/mol. The van der Waals surface area contributed by atoms with Gasteiger partial charge in [0.25, 0.3) is 5.91 Å². The first kappa shape index (κ1) is 19.0. The summed E-state index contributed by atoms with van der Waals surface area (Å²) in [7, 11) is 0. The molecule has 1 aliphatic rings. The Morgan fingerprint density at radius 2 is 1.97 bits per heavy atom. The molecule has 0 atom stereocenters. The molecule has 4 rings (SSSR count). The van der Waals surface area contributed by atoms with Gasteiger partial charge in [0.05, 0.1) is 6.04 Å². The highest BCUT2D eigenvalue weighted by atomic mass is 19.4. The maximum absolute atomic E-state index is 14.0. The minimum Gasteiger partial charge on any atom is -0.332 e. The van der Waals surface area contributed by atoms with Gasteiger partial charge < -0.3 is 4.90 Å². The van der Waals surface area contributed by atoms with Gasteiger partial charge in [-0.3, -0.25) is 4.79 Å². The number of aromatic nitrogens is 4. The lowest BCUT2D eigenvalue weighted by molar-refractivity contribution is -0.143. The Morgan fingerprint density at radius 1 is 1.24 bits per heavy atom. The molecule has 1 fully saturated rings. The summed E-state index contributed by atoms with van der Waals surface area (Å²) in [6.07, 6.45) is -2.51. The van der Waals surface area contributed by atoms with E-state index in [-0.39, 0.29) is 30.4 Å². The Hall–Kier alpha value is -3.37. The van der Waals surface area contributed by atoms with Gasteiger partial charge in [-0.25, -0.2) is 23.4 Å². The number of amides is 1. The standard InChI is InChI=1S/C18H12F5N5O/c1-9(19)17(29)27-7-11(8-27)28-16-12(3-2-4-24-16)14(26-28)10-5-13(20)15(25-6-10)18(21,22)23/h2-6,11H,1,7-8H2. The second-order valence-corrected chi connectivity index (χ2v) is 6.49. The van der Waals surface area contributed by atoms with Gasteiger partial charge in [-0.15, -0.1) is 0 Å². The molecule has 0 unspecified atom stereocenters. The van der Waals surface area contributed by atoms with Crippen LogP contribution in [0.25, 0.3) is 22.3 Å². The van der Waals surface area contributed by atoms with Crippen LogP contribution in [0.5, 0.6) is 0 Å². The fourth-order valence-corrected chi connectivity index (χ4v) is 3.16. The van der Waals surface area contributed by atoms with Crippen molar-refractivity contribution in [3.05, 3.63) is 54.5 Å². The lowest BCUT2D eigenvalue weighted by atomic mass is 10.1. The van der Waals surface area contributed by atoms with Crippen molar-refractivity contribution in [3.63, 3.8) is 0 Å². The number of carbonyl (C=O) groups excluding carboxylic acids is 1. The first-order valence-electron chi connectivity index (χ1n) is 8.37. The van der Waals surface area contributed by atoms with Crippen molar-refractivity contribution < 1.29 is 26.7 Å². The number of halogens is 5. The van der Waals surface area contributed by atoms with E-state index in [4.69, 9.17) is 0 Å². The number of likely N-dealkylation sites (tertiary alicyclic amines) is 1. The Labute approximate surface area is 160 Å². The number of pyridine rings is 2. The van der Waals surface area contributed by atoms with Crippen LogP contribution in [0.3, 0.4) is 0 Å². The summed E-state index contributed by atoms with van der Waals surface area (Å²) in [4.78, 5) is 20.3. The summed E-state index contributed by atoms with van der Waals surface area (Å²) in [5.41, 5.74) is -0.953. The Balaban J connectivity index is 1.72. The molecule has 0 bridgehead atoms. The molecule has 6 nitrogen and oxygen atoms in total. The van der Waals surface area contributed by atoms with Crippen molar-refractivity contribution in [3.8, 4) is 11.3 Å². The molecule has 150 valence electrons. The van der Waals surface area contributed by atoms with E-state index < -0.39 is 29.4 Å². The monoisotopic (exact) mass is 409 g/mol. The summed E-state index contributed by atoms with van der Waals surface area (Å²) >= 11 is 0. The molecule has 3 aromatic rings. The number of hydrogen-bond acceptors (Lipinski definition) is 4. The van der Waals surface area contributed by atoms with Gasteiger partial charge in [-0.2, -0.15) is 18.3 Å². The SMILES string of the molecule is C=C(F)C(=O)N1CC(n2nc(-c3cnc(C(F)(F)F)c(F)c3)c3cccnc32)C1. The molecule has 1 saturated heterocycles. The van der Waals surface area contributed by atoms with Crippen LogP contribution in [0, 0.1) is 5.82 Å². The third-order valence-electron chi connectivity index (χ3n) is 4.58. The van der Waals surface area contributed by atoms with Gasteiger partial charge in [0.15, 0.2) is 23.0 Å². The lowest BCUT2D eigenvalue weighted by Crippen LogP contribution is -2.51. The summed E-state index contributed by atoms with van der Waals surface area (Å²) in [6, 6.07) is 3.65. The minimum absolute atomic E-state index is 0.0524. The quantitative estimate of drug-likeness (QED) is 0.491. The van der Waals surface area contributed by atoms with Crippen molar-refractivity contribution in [2.75, 3.05) is 13.1 Å². The summed E-state index contributed by atoms with van der Waals surface area (Å²) < 4.78 is 66.7. The topological polar surface area (TPSA) is 63.9 Å². The molecular weight excluding hydrogens is 397 g/mol. The Bertz CT molecular complexity index is 1130. The average Bonchev–Trinajstić information content (AvgIpc) is 2.98. The molecule has 29 heavy (non-hydrogen) atoms. The number of carbonyl (C=O) groups is 1. The lowest BCUT2D eigenvalue weighted by Gasteiger charge is -2.38. The van der Waals surface area contributed by atoms with E-state index >= 15 is 0 Å². The van der Waals surface area contributed by atoms with Crippen molar-refractivity contribution in [2.45, 2.75) is 12.2 Å². The summed E-state index contributed by atoms with van der Waals surface area (Å²) in [6.45, 7) is 3.29. The molecule has 0 spiro atoms. The van der Waals surface area contributed by atoms with E-state index in [1.807, 2.05) is 0 Å². The van der Waals surface area contributed by atoms with Crippen LogP contribution in [-0.4, -0.2) is 43.6 Å². The smallest absolute Gasteiger partial charge is 0.332 e. The maximum Gasteiger partial charge on any atom is 0.436 e. The Kier molecular flexibility index (Phi) is 4.32. The third-order valence-corrected chi connectivity index (χ3v) is 4.58. The molecule has 11 heteroatoms. The maximum atomic E-state index is 14.0. The van der Waals surface area contributed by atoms with Crippen molar-refractivity contribution in [2.24, 2.45) is 0 Å². The van der Waals surface area contributed by atoms with E-state index in [0.29, 0.717) is 11.0 Å². The zero-order valence-corrected chi connectivity index (χ0v) is 14.6. The molecule has 1 aliphatic heterocycles. The van der Waals surface area contributed by atoms with Crippen molar-refractivity contribution in [1.29, 1.82) is 0 Å². The van der Waals surface area contributed by atoms with Crippen LogP contribution in [0.15, 0.2) is 43.0 Å². The van der Waals surface area contributed by atoms with Gasteiger partial charge in [0.1, 0.15) is 5.69 Å². The van der Waals surface area contributed by atoms with E-state index in [2.05, 4.69) is 21.6 Å². The molecule has 1 amide bonds. The van der Waals surface area contributed by atoms with Crippen LogP contribution < -0.4 is 0 Å². The highest BCUT2D eigenvalue weighted by Crippen LogP contribution is 2.34. The molecule has 0 N–H and O–H groups in total. The minimum atomic E-state index is -4.91. The van der Waals surface area contributed by atoms with Gasteiger partial charge >= 0.3 is 6.18 Å². The number of hydrogen-bond donors (Lipinski definition) is 0. The van der Waals surface area contributed by atoms with E-state index in [1.165, 1.54) is 15.8 Å².